The minimum Gasteiger partial charge on any atom is -0.385 e. The van der Waals surface area contributed by atoms with Gasteiger partial charge in [-0.2, -0.15) is 5.26 Å². The second-order valence-corrected chi connectivity index (χ2v) is 8.14. The van der Waals surface area contributed by atoms with E-state index in [1.807, 2.05) is 12.3 Å². The van der Waals surface area contributed by atoms with Crippen LogP contribution < -0.4 is 0 Å². The SMILES string of the molecule is C[C@@H](O)C1=N[C@]23SC=CC2=NC=C[C@H]3N1C1CCC(CC#N)CC1. The second-order valence-electron chi connectivity index (χ2n) is 7.01. The largest absolute Gasteiger partial charge is 0.385 e. The van der Waals surface area contributed by atoms with Crippen LogP contribution in [0.15, 0.2) is 33.7 Å². The fraction of sp³-hybridized carbons (Fsp3) is 0.611. The summed E-state index contributed by atoms with van der Waals surface area (Å²) in [4.78, 5) is 11.4. The normalized spacial score (nSPS) is 38.2. The summed E-state index contributed by atoms with van der Waals surface area (Å²) in [5, 5.41) is 21.3. The van der Waals surface area contributed by atoms with Crippen LogP contribution in [0.3, 0.4) is 0 Å². The summed E-state index contributed by atoms with van der Waals surface area (Å²) in [5.41, 5.74) is 0.985. The van der Waals surface area contributed by atoms with Crippen LogP contribution in [-0.4, -0.2) is 44.6 Å². The Labute approximate surface area is 146 Å². The molecule has 1 saturated carbocycles. The molecule has 0 aromatic heterocycles. The maximum atomic E-state index is 10.3. The first-order valence-corrected chi connectivity index (χ1v) is 9.56. The highest BCUT2D eigenvalue weighted by Gasteiger charge is 2.55. The molecule has 1 fully saturated rings. The van der Waals surface area contributed by atoms with Crippen LogP contribution in [0.5, 0.6) is 0 Å². The predicted octanol–water partition coefficient (Wildman–Crippen LogP) is 2.85. The molecule has 6 heteroatoms. The molecule has 3 heterocycles. The topological polar surface area (TPSA) is 72.0 Å². The first kappa shape index (κ1) is 15.9. The van der Waals surface area contributed by atoms with Gasteiger partial charge in [-0.15, -0.1) is 0 Å². The smallest absolute Gasteiger partial charge is 0.177 e. The minimum atomic E-state index is -0.586. The molecule has 3 aliphatic heterocycles. The quantitative estimate of drug-likeness (QED) is 0.856. The molecule has 0 aromatic carbocycles. The van der Waals surface area contributed by atoms with Crippen LogP contribution in [0.25, 0.3) is 0 Å². The number of nitriles is 1. The van der Waals surface area contributed by atoms with Crippen molar-refractivity contribution in [1.29, 1.82) is 5.26 Å². The number of thioether (sulfide) groups is 1. The van der Waals surface area contributed by atoms with Gasteiger partial charge in [0.25, 0.3) is 0 Å². The third-order valence-electron chi connectivity index (χ3n) is 5.53. The van der Waals surface area contributed by atoms with Gasteiger partial charge in [-0.3, -0.25) is 4.99 Å². The lowest BCUT2D eigenvalue weighted by molar-refractivity contribution is 0.167. The molecular weight excluding hydrogens is 320 g/mol. The van der Waals surface area contributed by atoms with Gasteiger partial charge in [-0.25, -0.2) is 4.99 Å². The number of aliphatic hydroxyl groups excluding tert-OH is 1. The summed E-state index contributed by atoms with van der Waals surface area (Å²) >= 11 is 1.70. The van der Waals surface area contributed by atoms with Gasteiger partial charge < -0.3 is 10.0 Å². The number of nitrogens with zero attached hydrogens (tertiary/aromatic N) is 4. The van der Waals surface area contributed by atoms with Crippen LogP contribution in [0.1, 0.15) is 39.0 Å². The summed E-state index contributed by atoms with van der Waals surface area (Å²) in [7, 11) is 0. The van der Waals surface area contributed by atoms with Crippen molar-refractivity contribution in [3.8, 4) is 6.07 Å². The standard InChI is InChI=1S/C18H22N4OS/c1-12(23)17-21-18-15(8-11-24-18)20-10-7-16(18)22(17)14-4-2-13(3-5-14)6-9-19/h7-8,10-14,16,23H,2-6H2,1H3/t12-,13?,14?,16-,18+/m1/s1. The average molecular weight is 342 g/mol. The third-order valence-corrected chi connectivity index (χ3v) is 6.71. The summed E-state index contributed by atoms with van der Waals surface area (Å²) in [6.45, 7) is 1.80. The minimum absolute atomic E-state index is 0.118. The number of amidine groups is 1. The van der Waals surface area contributed by atoms with Gasteiger partial charge in [0.2, 0.25) is 0 Å². The molecule has 0 bridgehead atoms. The molecule has 3 atom stereocenters. The molecule has 1 N–H and O–H groups in total. The van der Waals surface area contributed by atoms with E-state index in [4.69, 9.17) is 10.3 Å². The van der Waals surface area contributed by atoms with Gasteiger partial charge >= 0.3 is 0 Å². The maximum absolute atomic E-state index is 10.3. The van der Waals surface area contributed by atoms with E-state index in [0.717, 1.165) is 37.2 Å². The molecule has 0 radical (unpaired) electrons. The van der Waals surface area contributed by atoms with Crippen molar-refractivity contribution in [2.45, 2.75) is 62.1 Å². The van der Waals surface area contributed by atoms with Crippen molar-refractivity contribution < 1.29 is 5.11 Å². The van der Waals surface area contributed by atoms with Crippen LogP contribution >= 0.6 is 11.8 Å². The molecule has 1 spiro atoms. The van der Waals surface area contributed by atoms with Crippen molar-refractivity contribution in [3.05, 3.63) is 23.8 Å². The zero-order chi connectivity index (χ0) is 16.7. The zero-order valence-electron chi connectivity index (χ0n) is 13.8. The summed E-state index contributed by atoms with van der Waals surface area (Å²) in [6, 6.07) is 2.80. The molecule has 5 nitrogen and oxygen atoms in total. The van der Waals surface area contributed by atoms with E-state index in [2.05, 4.69) is 27.4 Å². The van der Waals surface area contributed by atoms with Crippen LogP contribution in [-0.2, 0) is 0 Å². The fourth-order valence-corrected chi connectivity index (χ4v) is 5.48. The van der Waals surface area contributed by atoms with Crippen molar-refractivity contribution in [3.63, 3.8) is 0 Å². The second kappa shape index (κ2) is 6.05. The van der Waals surface area contributed by atoms with E-state index in [0.29, 0.717) is 18.4 Å². The Morgan fingerprint density at radius 3 is 2.96 bits per heavy atom. The Kier molecular flexibility index (Phi) is 4.01. The van der Waals surface area contributed by atoms with E-state index in [-0.39, 0.29) is 6.04 Å². The number of aliphatic imine (C=N–C) groups is 2. The highest BCUT2D eigenvalue weighted by atomic mass is 32.2. The Morgan fingerprint density at radius 1 is 1.46 bits per heavy atom. The maximum Gasteiger partial charge on any atom is 0.177 e. The molecule has 0 aromatic rings. The molecular formula is C18H22N4OS. The molecule has 24 heavy (non-hydrogen) atoms. The Morgan fingerprint density at radius 2 is 2.25 bits per heavy atom. The van der Waals surface area contributed by atoms with Gasteiger partial charge in [-0.05, 0) is 56.1 Å². The zero-order valence-corrected chi connectivity index (χ0v) is 14.6. The lowest BCUT2D eigenvalue weighted by Crippen LogP contribution is -2.53. The Balaban J connectivity index is 1.62. The first-order chi connectivity index (χ1) is 11.7. The van der Waals surface area contributed by atoms with Gasteiger partial charge in [0.05, 0.1) is 17.8 Å². The van der Waals surface area contributed by atoms with E-state index >= 15 is 0 Å². The van der Waals surface area contributed by atoms with Crippen molar-refractivity contribution in [2.24, 2.45) is 15.9 Å². The average Bonchev–Trinajstić information content (AvgIpc) is 3.14. The highest BCUT2D eigenvalue weighted by molar-refractivity contribution is 8.04. The van der Waals surface area contributed by atoms with Gasteiger partial charge in [0.15, 0.2) is 4.87 Å². The number of hydrogen-bond donors (Lipinski definition) is 1. The predicted molar refractivity (Wildman–Crippen MR) is 96.8 cm³/mol. The van der Waals surface area contributed by atoms with Crippen LogP contribution in [0.2, 0.25) is 0 Å². The molecule has 1 aliphatic carbocycles. The van der Waals surface area contributed by atoms with Gasteiger partial charge in [0, 0.05) is 18.7 Å². The molecule has 4 rings (SSSR count). The third kappa shape index (κ3) is 2.34. The van der Waals surface area contributed by atoms with Crippen molar-refractivity contribution in [2.75, 3.05) is 0 Å². The Hall–Kier alpha value is -1.58. The number of rotatable bonds is 3. The summed E-state index contributed by atoms with van der Waals surface area (Å²) in [6.07, 6.45) is 10.4. The lowest BCUT2D eigenvalue weighted by Gasteiger charge is -2.42. The molecule has 0 amide bonds. The van der Waals surface area contributed by atoms with E-state index in [9.17, 15) is 5.11 Å². The molecule has 0 unspecified atom stereocenters. The van der Waals surface area contributed by atoms with E-state index in [1.54, 1.807) is 18.7 Å². The fourth-order valence-electron chi connectivity index (χ4n) is 4.36. The van der Waals surface area contributed by atoms with E-state index in [1.165, 1.54) is 0 Å². The first-order valence-electron chi connectivity index (χ1n) is 8.68. The van der Waals surface area contributed by atoms with Crippen LogP contribution in [0, 0.1) is 17.2 Å². The monoisotopic (exact) mass is 342 g/mol. The summed E-state index contributed by atoms with van der Waals surface area (Å²) < 4.78 is 0. The molecule has 4 aliphatic rings. The van der Waals surface area contributed by atoms with E-state index < -0.39 is 11.0 Å². The number of aliphatic hydroxyl groups is 1. The molecule has 126 valence electrons. The summed E-state index contributed by atoms with van der Waals surface area (Å²) in [5.74, 6) is 1.32. The molecule has 0 saturated heterocycles. The Bertz CT molecular complexity index is 682. The van der Waals surface area contributed by atoms with Crippen molar-refractivity contribution >= 4 is 23.3 Å². The van der Waals surface area contributed by atoms with Gasteiger partial charge in [-0.1, -0.05) is 11.8 Å². The lowest BCUT2D eigenvalue weighted by atomic mass is 9.83. The highest BCUT2D eigenvalue weighted by Crippen LogP contribution is 2.49. The van der Waals surface area contributed by atoms with Crippen molar-refractivity contribution in [1.82, 2.24) is 4.90 Å². The number of hydrogen-bond acceptors (Lipinski definition) is 6. The van der Waals surface area contributed by atoms with Crippen LogP contribution in [0.4, 0.5) is 0 Å². The van der Waals surface area contributed by atoms with Gasteiger partial charge in [0.1, 0.15) is 11.9 Å².